The Hall–Kier alpha value is -1.27. The number of nitrogens with one attached hydrogen (secondary N) is 1. The third kappa shape index (κ3) is 2.94. The van der Waals surface area contributed by atoms with Gasteiger partial charge < -0.3 is 5.32 Å². The molecule has 1 heterocycles. The normalized spacial score (nSPS) is 10.4. The van der Waals surface area contributed by atoms with Crippen LogP contribution >= 0.6 is 28.6 Å². The van der Waals surface area contributed by atoms with Crippen LogP contribution in [0.3, 0.4) is 0 Å². The van der Waals surface area contributed by atoms with Crippen LogP contribution in [0.5, 0.6) is 0 Å². The van der Waals surface area contributed by atoms with Crippen molar-refractivity contribution < 1.29 is 4.79 Å². The lowest BCUT2D eigenvalue weighted by Crippen LogP contribution is -2.13. The molecule has 0 aliphatic carbocycles. The first-order valence-electron chi connectivity index (χ1n) is 5.43. The number of anilines is 1. The molecular weight excluding hydrogens is 314 g/mol. The van der Waals surface area contributed by atoms with Gasteiger partial charge in [0.25, 0.3) is 5.91 Å². The molecule has 0 fully saturated rings. The minimum Gasteiger partial charge on any atom is -0.305 e. The molecule has 1 aromatic carbocycles. The number of halogens is 1. The average molecular weight is 326 g/mol. The highest BCUT2D eigenvalue weighted by Crippen LogP contribution is 2.20. The van der Waals surface area contributed by atoms with Gasteiger partial charge in [0, 0.05) is 28.2 Å². The van der Waals surface area contributed by atoms with Gasteiger partial charge in [0.15, 0.2) is 5.82 Å². The molecule has 0 radical (unpaired) electrons. The van der Waals surface area contributed by atoms with E-state index in [1.807, 2.05) is 13.1 Å². The molecule has 0 saturated heterocycles. The Balaban J connectivity index is 2.16. The van der Waals surface area contributed by atoms with Crippen molar-refractivity contribution >= 4 is 40.3 Å². The summed E-state index contributed by atoms with van der Waals surface area (Å²) in [6.07, 6.45) is 1.82. The monoisotopic (exact) mass is 325 g/mol. The second-order valence-electron chi connectivity index (χ2n) is 3.67. The lowest BCUT2D eigenvalue weighted by molar-refractivity contribution is 0.102. The molecular formula is C12H12BrN3OS. The minimum absolute atomic E-state index is 0.214. The Morgan fingerprint density at radius 2 is 2.28 bits per heavy atom. The van der Waals surface area contributed by atoms with Crippen molar-refractivity contribution in [2.24, 2.45) is 0 Å². The Labute approximate surface area is 119 Å². The summed E-state index contributed by atoms with van der Waals surface area (Å²) in [4.78, 5) is 12.6. The number of nitrogens with zero attached hydrogens (tertiary/aromatic N) is 2. The Kier molecular flexibility index (Phi) is 4.08. The van der Waals surface area contributed by atoms with Crippen molar-refractivity contribution in [3.63, 3.8) is 0 Å². The fourth-order valence-corrected chi connectivity index (χ4v) is 2.34. The summed E-state index contributed by atoms with van der Waals surface area (Å²) in [7, 11) is 0. The van der Waals surface area contributed by atoms with Crippen LogP contribution in [-0.2, 0) is 6.54 Å². The van der Waals surface area contributed by atoms with E-state index in [1.54, 1.807) is 28.9 Å². The molecule has 1 aromatic heterocycles. The Morgan fingerprint density at radius 3 is 2.89 bits per heavy atom. The molecule has 0 bridgehead atoms. The summed E-state index contributed by atoms with van der Waals surface area (Å²) in [5, 5.41) is 6.93. The smallest absolute Gasteiger partial charge is 0.257 e. The molecule has 0 spiro atoms. The van der Waals surface area contributed by atoms with Crippen LogP contribution in [0.15, 0.2) is 39.8 Å². The first-order valence-corrected chi connectivity index (χ1v) is 6.67. The number of rotatable bonds is 3. The number of carbonyl (C=O) groups is 1. The van der Waals surface area contributed by atoms with Crippen molar-refractivity contribution in [1.82, 2.24) is 9.78 Å². The zero-order valence-electron chi connectivity index (χ0n) is 9.72. The van der Waals surface area contributed by atoms with E-state index < -0.39 is 0 Å². The van der Waals surface area contributed by atoms with E-state index in [0.717, 1.165) is 11.0 Å². The highest BCUT2D eigenvalue weighted by atomic mass is 79.9. The minimum atomic E-state index is -0.214. The van der Waals surface area contributed by atoms with Gasteiger partial charge in [0.1, 0.15) is 0 Å². The number of amides is 1. The zero-order valence-corrected chi connectivity index (χ0v) is 12.2. The van der Waals surface area contributed by atoms with Gasteiger partial charge in [-0.05, 0) is 25.1 Å². The van der Waals surface area contributed by atoms with E-state index in [9.17, 15) is 4.79 Å². The van der Waals surface area contributed by atoms with Gasteiger partial charge >= 0.3 is 0 Å². The van der Waals surface area contributed by atoms with Crippen molar-refractivity contribution in [3.8, 4) is 0 Å². The van der Waals surface area contributed by atoms with E-state index in [4.69, 9.17) is 0 Å². The number of aromatic nitrogens is 2. The standard InChI is InChI=1S/C12H12BrN3OS/c1-2-16-6-5-11(15-16)14-12(17)9-4-3-8(13)7-10(9)18/h3-7,18H,2H2,1H3,(H,14,15,17). The van der Waals surface area contributed by atoms with Crippen molar-refractivity contribution in [2.75, 3.05) is 5.32 Å². The maximum absolute atomic E-state index is 12.0. The number of thiol groups is 1. The molecule has 2 rings (SSSR count). The molecule has 0 aliphatic rings. The van der Waals surface area contributed by atoms with Crippen molar-refractivity contribution in [2.45, 2.75) is 18.4 Å². The Morgan fingerprint density at radius 1 is 1.50 bits per heavy atom. The van der Waals surface area contributed by atoms with Crippen LogP contribution in [0.1, 0.15) is 17.3 Å². The van der Waals surface area contributed by atoms with Gasteiger partial charge in [-0.1, -0.05) is 15.9 Å². The summed E-state index contributed by atoms with van der Waals surface area (Å²) < 4.78 is 2.64. The molecule has 1 amide bonds. The number of aryl methyl sites for hydroxylation is 1. The third-order valence-corrected chi connectivity index (χ3v) is 3.27. The van der Waals surface area contributed by atoms with Gasteiger partial charge in [0.2, 0.25) is 0 Å². The first kappa shape index (κ1) is 13.2. The molecule has 0 aliphatic heterocycles. The van der Waals surface area contributed by atoms with Gasteiger partial charge in [0.05, 0.1) is 5.56 Å². The maximum Gasteiger partial charge on any atom is 0.257 e. The van der Waals surface area contributed by atoms with Crippen LogP contribution in [-0.4, -0.2) is 15.7 Å². The molecule has 6 heteroatoms. The number of hydrogen-bond donors (Lipinski definition) is 2. The van der Waals surface area contributed by atoms with Gasteiger partial charge in [-0.3, -0.25) is 9.48 Å². The summed E-state index contributed by atoms with van der Waals surface area (Å²) in [6, 6.07) is 7.07. The van der Waals surface area contributed by atoms with E-state index in [2.05, 4.69) is 39.0 Å². The molecule has 0 atom stereocenters. The number of hydrogen-bond acceptors (Lipinski definition) is 3. The van der Waals surface area contributed by atoms with E-state index in [1.165, 1.54) is 0 Å². The van der Waals surface area contributed by atoms with Crippen LogP contribution in [0.4, 0.5) is 5.82 Å². The summed E-state index contributed by atoms with van der Waals surface area (Å²) in [5.74, 6) is 0.325. The van der Waals surface area contributed by atoms with Crippen LogP contribution in [0.25, 0.3) is 0 Å². The predicted octanol–water partition coefficient (Wildman–Crippen LogP) is 3.21. The summed E-state index contributed by atoms with van der Waals surface area (Å²) in [5.41, 5.74) is 0.521. The topological polar surface area (TPSA) is 46.9 Å². The fourth-order valence-electron chi connectivity index (χ4n) is 1.48. The van der Waals surface area contributed by atoms with Crippen molar-refractivity contribution in [3.05, 3.63) is 40.5 Å². The lowest BCUT2D eigenvalue weighted by atomic mass is 10.2. The summed E-state index contributed by atoms with van der Waals surface area (Å²) in [6.45, 7) is 2.76. The predicted molar refractivity (Wildman–Crippen MR) is 77.2 cm³/mol. The largest absolute Gasteiger partial charge is 0.305 e. The SMILES string of the molecule is CCn1ccc(NC(=O)c2ccc(Br)cc2S)n1. The highest BCUT2D eigenvalue weighted by molar-refractivity contribution is 9.10. The van der Waals surface area contributed by atoms with Crippen molar-refractivity contribution in [1.29, 1.82) is 0 Å². The summed E-state index contributed by atoms with van der Waals surface area (Å²) >= 11 is 7.61. The maximum atomic E-state index is 12.0. The molecule has 4 nitrogen and oxygen atoms in total. The van der Waals surface area contributed by atoms with Gasteiger partial charge in [-0.15, -0.1) is 12.6 Å². The van der Waals surface area contributed by atoms with Gasteiger partial charge in [-0.25, -0.2) is 0 Å². The molecule has 1 N–H and O–H groups in total. The van der Waals surface area contributed by atoms with Gasteiger partial charge in [-0.2, -0.15) is 5.10 Å². The quantitative estimate of drug-likeness (QED) is 0.851. The van der Waals surface area contributed by atoms with E-state index in [-0.39, 0.29) is 5.91 Å². The first-order chi connectivity index (χ1) is 8.60. The number of benzene rings is 1. The molecule has 94 valence electrons. The lowest BCUT2D eigenvalue weighted by Gasteiger charge is -2.05. The second kappa shape index (κ2) is 5.58. The Bertz CT molecular complexity index is 582. The van der Waals surface area contributed by atoms with E-state index in [0.29, 0.717) is 16.3 Å². The zero-order chi connectivity index (χ0) is 13.1. The molecule has 0 unspecified atom stereocenters. The second-order valence-corrected chi connectivity index (χ2v) is 5.07. The highest BCUT2D eigenvalue weighted by Gasteiger charge is 2.11. The third-order valence-electron chi connectivity index (χ3n) is 2.41. The molecule has 18 heavy (non-hydrogen) atoms. The van der Waals surface area contributed by atoms with Crippen LogP contribution in [0, 0.1) is 0 Å². The van der Waals surface area contributed by atoms with E-state index >= 15 is 0 Å². The van der Waals surface area contributed by atoms with Crippen LogP contribution in [0.2, 0.25) is 0 Å². The molecule has 2 aromatic rings. The molecule has 0 saturated carbocycles. The van der Waals surface area contributed by atoms with Crippen LogP contribution < -0.4 is 5.32 Å². The fraction of sp³-hybridized carbons (Fsp3) is 0.167. The number of carbonyl (C=O) groups excluding carboxylic acids is 1. The average Bonchev–Trinajstić information content (AvgIpc) is 2.76.